The van der Waals surface area contributed by atoms with Crippen molar-refractivity contribution in [3.05, 3.63) is 126 Å². The van der Waals surface area contributed by atoms with E-state index in [1.54, 1.807) is 6.07 Å². The van der Waals surface area contributed by atoms with E-state index in [0.717, 1.165) is 22.8 Å². The Morgan fingerprint density at radius 1 is 0.590 bits per heavy atom. The molecule has 0 bridgehead atoms. The summed E-state index contributed by atoms with van der Waals surface area (Å²) in [6.07, 6.45) is 10.3. The zero-order valence-electron chi connectivity index (χ0n) is 22.1. The van der Waals surface area contributed by atoms with Gasteiger partial charge in [0.05, 0.1) is 28.3 Å². The van der Waals surface area contributed by atoms with Gasteiger partial charge in [0.25, 0.3) is 0 Å². The molecule has 39 heavy (non-hydrogen) atoms. The Morgan fingerprint density at radius 2 is 0.923 bits per heavy atom. The number of rotatable bonds is 3. The maximum absolute atomic E-state index is 10.2. The Morgan fingerprint density at radius 3 is 1.10 bits per heavy atom. The molecule has 0 saturated heterocycles. The molecule has 0 radical (unpaired) electrons. The number of hydrogen-bond acceptors (Lipinski definition) is 6. The van der Waals surface area contributed by atoms with Crippen molar-refractivity contribution in [3.63, 3.8) is 0 Å². The van der Waals surface area contributed by atoms with Crippen molar-refractivity contribution in [3.8, 4) is 22.8 Å². The van der Waals surface area contributed by atoms with Gasteiger partial charge in [-0.25, -0.2) is 4.79 Å². The number of aryl methyl sites for hydroxylation is 4. The molecule has 0 spiro atoms. The molecule has 0 aliphatic heterocycles. The fraction of sp³-hybridized carbons (Fsp3) is 0.133. The summed E-state index contributed by atoms with van der Waals surface area (Å²) in [5.74, 6) is -0.942. The van der Waals surface area contributed by atoms with E-state index in [2.05, 4.69) is 34.6 Å². The number of aromatic carboxylic acids is 1. The van der Waals surface area contributed by atoms with Crippen LogP contribution in [0.1, 0.15) is 32.6 Å². The Kier molecular flexibility index (Phi) is 13.6. The van der Waals surface area contributed by atoms with Crippen LogP contribution in [0.25, 0.3) is 22.8 Å². The third-order valence-corrected chi connectivity index (χ3v) is 5.08. The van der Waals surface area contributed by atoms with E-state index in [0.29, 0.717) is 0 Å². The van der Waals surface area contributed by atoms with Gasteiger partial charge in [0.2, 0.25) is 0 Å². The standard InChI is InChI=1S/2C12H12N2.C6H5NO2.ClH.Os/c2*1-9-3-5-11(13-7-9)12-6-4-10(2)8-14-12;8-6(9)5-2-1-3-7-4-5;;/h2*3-8H,1-2H3;1-4H,(H,8,9);1H;/q;;;;+1/p-1. The number of aromatic nitrogens is 5. The summed E-state index contributed by atoms with van der Waals surface area (Å²) in [7, 11) is 4.67. The average Bonchev–Trinajstić information content (AvgIpc) is 2.97. The summed E-state index contributed by atoms with van der Waals surface area (Å²) in [4.78, 5) is 31.0. The summed E-state index contributed by atoms with van der Waals surface area (Å²) in [6, 6.07) is 19.2. The van der Waals surface area contributed by atoms with Gasteiger partial charge in [-0.1, -0.05) is 24.3 Å². The molecule has 0 fully saturated rings. The number of carbonyl (C=O) groups is 1. The topological polar surface area (TPSA) is 102 Å². The first kappa shape index (κ1) is 31.4. The van der Waals surface area contributed by atoms with Gasteiger partial charge >= 0.3 is 33.2 Å². The normalized spacial score (nSPS) is 9.49. The van der Waals surface area contributed by atoms with Crippen LogP contribution in [0.15, 0.2) is 97.8 Å². The van der Waals surface area contributed by atoms with E-state index in [1.807, 2.05) is 101 Å². The second-order valence-electron chi connectivity index (χ2n) is 8.43. The minimum absolute atomic E-state index is 0.220. The molecule has 5 heterocycles. The van der Waals surface area contributed by atoms with Crippen molar-refractivity contribution in [1.29, 1.82) is 0 Å². The van der Waals surface area contributed by atoms with Gasteiger partial charge < -0.3 is 5.11 Å². The third-order valence-electron chi connectivity index (χ3n) is 5.08. The van der Waals surface area contributed by atoms with Crippen LogP contribution in [0.2, 0.25) is 0 Å². The van der Waals surface area contributed by atoms with E-state index in [1.165, 1.54) is 58.3 Å². The minimum atomic E-state index is -0.942. The second-order valence-corrected chi connectivity index (χ2v) is 8.43. The van der Waals surface area contributed by atoms with Gasteiger partial charge in [0.15, 0.2) is 0 Å². The van der Waals surface area contributed by atoms with Crippen LogP contribution in [-0.2, 0) is 17.6 Å². The van der Waals surface area contributed by atoms with Crippen molar-refractivity contribution in [2.24, 2.45) is 0 Å². The Hall–Kier alpha value is -3.85. The van der Waals surface area contributed by atoms with Crippen LogP contribution in [0.5, 0.6) is 0 Å². The monoisotopic (exact) mass is 718 g/mol. The fourth-order valence-corrected chi connectivity index (χ4v) is 2.97. The molecule has 1 N–H and O–H groups in total. The van der Waals surface area contributed by atoms with Crippen LogP contribution < -0.4 is 0 Å². The molecule has 0 aliphatic carbocycles. The quantitative estimate of drug-likeness (QED) is 0.215. The Labute approximate surface area is 243 Å². The predicted molar refractivity (Wildman–Crippen MR) is 151 cm³/mol. The zero-order chi connectivity index (χ0) is 28.6. The summed E-state index contributed by atoms with van der Waals surface area (Å²) >= 11 is 1.33. The van der Waals surface area contributed by atoms with Gasteiger partial charge in [0, 0.05) is 37.2 Å². The van der Waals surface area contributed by atoms with Crippen LogP contribution in [0, 0.1) is 27.7 Å². The summed E-state index contributed by atoms with van der Waals surface area (Å²) < 4.78 is 0. The first-order chi connectivity index (χ1) is 18.8. The molecule has 0 saturated carbocycles. The summed E-state index contributed by atoms with van der Waals surface area (Å²) in [5.41, 5.74) is 8.60. The maximum atomic E-state index is 10.2. The molecule has 7 nitrogen and oxygen atoms in total. The SMILES string of the molecule is Cc1ccc(-c2ccc(C)cn2)nc1.Cc1ccc(-c2ccc(C)cn2)nc1.O=C(O)c1cccnc1.[Cl][Os]. The predicted octanol–water partition coefficient (Wildman–Crippen LogP) is 6.99. The average molecular weight is 717 g/mol. The first-order valence-electron chi connectivity index (χ1n) is 11.8. The number of hydrogen-bond donors (Lipinski definition) is 1. The molecule has 5 aromatic rings. The first-order valence-corrected chi connectivity index (χ1v) is 14.9. The summed E-state index contributed by atoms with van der Waals surface area (Å²) in [5, 5.41) is 8.34. The van der Waals surface area contributed by atoms with E-state index in [9.17, 15) is 4.79 Å². The second kappa shape index (κ2) is 16.9. The van der Waals surface area contributed by atoms with Gasteiger partial charge in [-0.15, -0.1) is 0 Å². The van der Waals surface area contributed by atoms with Gasteiger partial charge in [0.1, 0.15) is 0 Å². The van der Waals surface area contributed by atoms with E-state index in [-0.39, 0.29) is 5.56 Å². The molecule has 5 rings (SSSR count). The molecule has 9 heteroatoms. The molecule has 0 amide bonds. The van der Waals surface area contributed by atoms with Crippen molar-refractivity contribution in [2.75, 3.05) is 0 Å². The van der Waals surface area contributed by atoms with Gasteiger partial charge in [-0.2, -0.15) is 0 Å². The van der Waals surface area contributed by atoms with Gasteiger partial charge in [-0.05, 0) is 86.3 Å². The van der Waals surface area contributed by atoms with Crippen LogP contribution in [0.3, 0.4) is 0 Å². The van der Waals surface area contributed by atoms with Gasteiger partial charge in [-0.3, -0.25) is 24.9 Å². The molecule has 0 aromatic carbocycles. The van der Waals surface area contributed by atoms with E-state index < -0.39 is 5.97 Å². The molecule has 0 aliphatic rings. The Balaban J connectivity index is 0.000000204. The van der Waals surface area contributed by atoms with E-state index in [4.69, 9.17) is 5.11 Å². The van der Waals surface area contributed by atoms with Crippen molar-refractivity contribution in [1.82, 2.24) is 24.9 Å². The number of carboxylic acid groups (broad SMARTS) is 1. The van der Waals surface area contributed by atoms with Crippen LogP contribution >= 0.6 is 9.64 Å². The number of nitrogens with zero attached hydrogens (tertiary/aromatic N) is 5. The molecule has 0 unspecified atom stereocenters. The number of pyridine rings is 5. The van der Waals surface area contributed by atoms with Crippen LogP contribution in [-0.4, -0.2) is 36.0 Å². The van der Waals surface area contributed by atoms with E-state index >= 15 is 0 Å². The molecule has 201 valence electrons. The zero-order valence-corrected chi connectivity index (χ0v) is 25.4. The summed E-state index contributed by atoms with van der Waals surface area (Å²) in [6.45, 7) is 8.11. The van der Waals surface area contributed by atoms with Crippen molar-refractivity contribution in [2.45, 2.75) is 27.7 Å². The fourth-order valence-electron chi connectivity index (χ4n) is 2.97. The number of halogens is 1. The molecule has 0 atom stereocenters. The number of carboxylic acids is 1. The molecular weight excluding hydrogens is 688 g/mol. The molecular formula is C30H29ClN5O2Os. The third kappa shape index (κ3) is 11.2. The van der Waals surface area contributed by atoms with Crippen molar-refractivity contribution >= 4 is 15.6 Å². The molecule has 5 aromatic heterocycles. The van der Waals surface area contributed by atoms with Crippen LogP contribution in [0.4, 0.5) is 0 Å². The van der Waals surface area contributed by atoms with Crippen molar-refractivity contribution < 1.29 is 27.5 Å². The Bertz CT molecular complexity index is 1230.